The van der Waals surface area contributed by atoms with E-state index in [2.05, 4.69) is 15.3 Å². The average molecular weight is 385 g/mol. The van der Waals surface area contributed by atoms with Crippen LogP contribution in [-0.4, -0.2) is 47.3 Å². The van der Waals surface area contributed by atoms with E-state index in [0.29, 0.717) is 24.3 Å². The van der Waals surface area contributed by atoms with E-state index in [4.69, 9.17) is 14.2 Å². The molecule has 2 aromatic heterocycles. The fourth-order valence-corrected chi connectivity index (χ4v) is 3.32. The first kappa shape index (κ1) is 18.9. The van der Waals surface area contributed by atoms with E-state index in [1.54, 1.807) is 12.4 Å². The number of carbonyl (C=O) groups excluding carboxylic acids is 1. The molecule has 0 unspecified atom stereocenters. The summed E-state index contributed by atoms with van der Waals surface area (Å²) in [4.78, 5) is 19.8. The predicted octanol–water partition coefficient (Wildman–Crippen LogP) is 2.87. The van der Waals surface area contributed by atoms with Crippen LogP contribution in [0, 0.1) is 5.92 Å². The molecule has 150 valence electrons. The number of hydrogen-bond donors (Lipinski definition) is 1. The van der Waals surface area contributed by atoms with Gasteiger partial charge >= 0.3 is 0 Å². The number of nitrogens with one attached hydrogen (secondary N) is 1. The highest BCUT2D eigenvalue weighted by atomic mass is 16.5. The molecule has 2 aromatic rings. The van der Waals surface area contributed by atoms with Gasteiger partial charge in [0.2, 0.25) is 17.7 Å². The van der Waals surface area contributed by atoms with E-state index >= 15 is 0 Å². The van der Waals surface area contributed by atoms with Gasteiger partial charge in [0.05, 0.1) is 30.1 Å². The maximum atomic E-state index is 11.0. The van der Waals surface area contributed by atoms with Crippen LogP contribution in [0.2, 0.25) is 0 Å². The molecule has 2 aliphatic rings. The molecule has 2 fully saturated rings. The summed E-state index contributed by atoms with van der Waals surface area (Å²) in [6, 6.07) is 3.86. The number of aromatic nitrogens is 2. The minimum atomic E-state index is -0.0390. The lowest BCUT2D eigenvalue weighted by molar-refractivity contribution is -0.121. The summed E-state index contributed by atoms with van der Waals surface area (Å²) in [5, 5.41) is 4.68. The lowest BCUT2D eigenvalue weighted by atomic mass is 9.92. The Hall–Kier alpha value is -2.41. The molecule has 0 saturated heterocycles. The number of rotatable bonds is 9. The van der Waals surface area contributed by atoms with E-state index < -0.39 is 0 Å². The van der Waals surface area contributed by atoms with Gasteiger partial charge in [-0.2, -0.15) is 0 Å². The number of ether oxygens (including phenoxy) is 3. The summed E-state index contributed by atoms with van der Waals surface area (Å²) in [5.74, 6) is 1.91. The summed E-state index contributed by atoms with van der Waals surface area (Å²) < 4.78 is 17.8. The third-order valence-electron chi connectivity index (χ3n) is 5.13. The van der Waals surface area contributed by atoms with Crippen LogP contribution in [0.5, 0.6) is 11.8 Å². The summed E-state index contributed by atoms with van der Waals surface area (Å²) >= 11 is 0. The lowest BCUT2D eigenvalue weighted by Gasteiger charge is -2.35. The Morgan fingerprint density at radius 3 is 2.50 bits per heavy atom. The van der Waals surface area contributed by atoms with Crippen LogP contribution in [0.1, 0.15) is 39.5 Å². The van der Waals surface area contributed by atoms with Crippen LogP contribution in [-0.2, 0) is 9.53 Å². The van der Waals surface area contributed by atoms with Crippen LogP contribution in [0.3, 0.4) is 0 Å². The van der Waals surface area contributed by atoms with Crippen LogP contribution in [0.4, 0.5) is 0 Å². The van der Waals surface area contributed by atoms with Crippen LogP contribution >= 0.6 is 0 Å². The molecule has 1 amide bonds. The highest BCUT2D eigenvalue weighted by Gasteiger charge is 2.33. The van der Waals surface area contributed by atoms with Gasteiger partial charge in [0.15, 0.2) is 0 Å². The molecule has 1 N–H and O–H groups in total. The quantitative estimate of drug-likeness (QED) is 0.715. The first-order chi connectivity index (χ1) is 13.6. The second-order valence-electron chi connectivity index (χ2n) is 7.85. The topological polar surface area (TPSA) is 82.6 Å². The fourth-order valence-electron chi connectivity index (χ4n) is 3.32. The third kappa shape index (κ3) is 4.70. The third-order valence-corrected chi connectivity index (χ3v) is 5.13. The van der Waals surface area contributed by atoms with Gasteiger partial charge in [0, 0.05) is 38.2 Å². The van der Waals surface area contributed by atoms with Crippen LogP contribution in [0.25, 0.3) is 10.8 Å². The van der Waals surface area contributed by atoms with Crippen molar-refractivity contribution in [3.05, 3.63) is 24.5 Å². The van der Waals surface area contributed by atoms with Gasteiger partial charge in [-0.3, -0.25) is 4.79 Å². The van der Waals surface area contributed by atoms with Gasteiger partial charge in [-0.25, -0.2) is 9.97 Å². The largest absolute Gasteiger partial charge is 0.477 e. The van der Waals surface area contributed by atoms with E-state index in [1.807, 2.05) is 19.1 Å². The van der Waals surface area contributed by atoms with E-state index in [-0.39, 0.29) is 24.2 Å². The molecule has 4 rings (SSSR count). The molecule has 0 radical (unpaired) electrons. The molecular weight excluding hydrogens is 358 g/mol. The van der Waals surface area contributed by atoms with Crippen molar-refractivity contribution < 1.29 is 19.0 Å². The van der Waals surface area contributed by atoms with Gasteiger partial charge in [0.25, 0.3) is 0 Å². The van der Waals surface area contributed by atoms with Crippen molar-refractivity contribution in [2.45, 2.75) is 57.8 Å². The minimum absolute atomic E-state index is 0.0127. The van der Waals surface area contributed by atoms with Crippen molar-refractivity contribution in [1.82, 2.24) is 15.3 Å². The SMILES string of the molecule is CC(=O)N[C@@H](C)CO[C@H]1C[C@H](Oc2nccc3c(OCC4CC4)nccc23)C1. The smallest absolute Gasteiger partial charge is 0.221 e. The normalized spacial score (nSPS) is 22.4. The zero-order chi connectivity index (χ0) is 19.5. The number of hydrogen-bond acceptors (Lipinski definition) is 6. The molecule has 0 bridgehead atoms. The minimum Gasteiger partial charge on any atom is -0.477 e. The van der Waals surface area contributed by atoms with E-state index in [1.165, 1.54) is 19.8 Å². The molecule has 28 heavy (non-hydrogen) atoms. The first-order valence-electron chi connectivity index (χ1n) is 10.0. The van der Waals surface area contributed by atoms with Crippen molar-refractivity contribution in [1.29, 1.82) is 0 Å². The monoisotopic (exact) mass is 385 g/mol. The van der Waals surface area contributed by atoms with Crippen LogP contribution in [0.15, 0.2) is 24.5 Å². The van der Waals surface area contributed by atoms with Crippen molar-refractivity contribution >= 4 is 16.7 Å². The Kier molecular flexibility index (Phi) is 5.62. The molecule has 2 saturated carbocycles. The van der Waals surface area contributed by atoms with E-state index in [9.17, 15) is 4.79 Å². The standard InChI is InChI=1S/C21H27N3O4/c1-13(24-14(2)25)11-26-16-9-17(10-16)28-21-19-6-7-22-20(18(19)5-8-23-21)27-12-15-3-4-15/h5-8,13,15-17H,3-4,9-12H2,1-2H3,(H,24,25)/t13-,16-,17-/m0/s1. The van der Waals surface area contributed by atoms with Gasteiger partial charge < -0.3 is 19.5 Å². The molecule has 0 spiro atoms. The van der Waals surface area contributed by atoms with Crippen molar-refractivity contribution in [2.75, 3.05) is 13.2 Å². The van der Waals surface area contributed by atoms with Gasteiger partial charge in [-0.15, -0.1) is 0 Å². The molecular formula is C21H27N3O4. The summed E-state index contributed by atoms with van der Waals surface area (Å²) in [7, 11) is 0. The Labute approximate surface area is 164 Å². The van der Waals surface area contributed by atoms with E-state index in [0.717, 1.165) is 30.2 Å². The Morgan fingerprint density at radius 2 is 1.82 bits per heavy atom. The maximum absolute atomic E-state index is 11.0. The van der Waals surface area contributed by atoms with Gasteiger partial charge in [0.1, 0.15) is 6.10 Å². The van der Waals surface area contributed by atoms with Gasteiger partial charge in [-0.1, -0.05) is 0 Å². The van der Waals surface area contributed by atoms with Crippen molar-refractivity contribution in [3.63, 3.8) is 0 Å². The maximum Gasteiger partial charge on any atom is 0.221 e. The highest BCUT2D eigenvalue weighted by Crippen LogP contribution is 2.34. The Bertz CT molecular complexity index is 834. The number of pyridine rings is 2. The molecule has 1 atom stereocenters. The second kappa shape index (κ2) is 8.31. The summed E-state index contributed by atoms with van der Waals surface area (Å²) in [6.45, 7) is 4.68. The van der Waals surface area contributed by atoms with Crippen molar-refractivity contribution in [2.24, 2.45) is 5.92 Å². The molecule has 0 aliphatic heterocycles. The zero-order valence-electron chi connectivity index (χ0n) is 16.4. The number of nitrogens with zero attached hydrogens (tertiary/aromatic N) is 2. The molecule has 0 aromatic carbocycles. The van der Waals surface area contributed by atoms with Crippen molar-refractivity contribution in [3.8, 4) is 11.8 Å². The summed E-state index contributed by atoms with van der Waals surface area (Å²) in [5.41, 5.74) is 0. The molecule has 2 heterocycles. The lowest BCUT2D eigenvalue weighted by Crippen LogP contribution is -2.42. The predicted molar refractivity (Wildman–Crippen MR) is 104 cm³/mol. The number of carbonyl (C=O) groups is 1. The first-order valence-corrected chi connectivity index (χ1v) is 10.0. The number of fused-ring (bicyclic) bond motifs is 1. The molecule has 7 heteroatoms. The average Bonchev–Trinajstić information content (AvgIpc) is 3.45. The molecule has 2 aliphatic carbocycles. The second-order valence-corrected chi connectivity index (χ2v) is 7.85. The zero-order valence-corrected chi connectivity index (χ0v) is 16.4. The van der Waals surface area contributed by atoms with Crippen LogP contribution < -0.4 is 14.8 Å². The molecule has 7 nitrogen and oxygen atoms in total. The Balaban J connectivity index is 1.32. The summed E-state index contributed by atoms with van der Waals surface area (Å²) in [6.07, 6.45) is 7.87. The number of amides is 1. The fraction of sp³-hybridized carbons (Fsp3) is 0.571. The Morgan fingerprint density at radius 1 is 1.14 bits per heavy atom. The highest BCUT2D eigenvalue weighted by molar-refractivity contribution is 5.90. The van der Waals surface area contributed by atoms with Gasteiger partial charge in [-0.05, 0) is 37.8 Å².